The number of fused-ring (bicyclic) bond motifs is 1. The van der Waals surface area contributed by atoms with E-state index in [1.165, 1.54) is 32.1 Å². The molecule has 2 aromatic rings. The summed E-state index contributed by atoms with van der Waals surface area (Å²) in [4.78, 5) is 14.9. The lowest BCUT2D eigenvalue weighted by Crippen LogP contribution is -2.55. The lowest BCUT2D eigenvalue weighted by molar-refractivity contribution is -0.0504. The number of primary amides is 1. The fourth-order valence-corrected chi connectivity index (χ4v) is 6.07. The second-order valence-corrected chi connectivity index (χ2v) is 8.48. The van der Waals surface area contributed by atoms with Crippen LogP contribution in [0.25, 0.3) is 11.0 Å². The lowest BCUT2D eigenvalue weighted by atomic mass is 9.48. The Kier molecular flexibility index (Phi) is 2.80. The van der Waals surface area contributed by atoms with Gasteiger partial charge < -0.3 is 16.0 Å². The molecule has 6 rings (SSSR count). The predicted octanol–water partition coefficient (Wildman–Crippen LogP) is 2.68. The van der Waals surface area contributed by atoms with Crippen LogP contribution in [0.3, 0.4) is 0 Å². The summed E-state index contributed by atoms with van der Waals surface area (Å²) >= 11 is 0. The van der Waals surface area contributed by atoms with Crippen molar-refractivity contribution in [3.05, 3.63) is 18.0 Å². The Morgan fingerprint density at radius 2 is 2.04 bits per heavy atom. The Hall–Kier alpha value is -2.11. The third kappa shape index (κ3) is 1.98. The average molecular weight is 325 g/mol. The van der Waals surface area contributed by atoms with E-state index in [1.54, 1.807) is 0 Å². The van der Waals surface area contributed by atoms with Gasteiger partial charge in [-0.3, -0.25) is 4.79 Å². The van der Waals surface area contributed by atoms with Gasteiger partial charge in [-0.1, -0.05) is 6.92 Å². The van der Waals surface area contributed by atoms with Gasteiger partial charge in [0, 0.05) is 17.6 Å². The van der Waals surface area contributed by atoms with E-state index in [-0.39, 0.29) is 5.69 Å². The number of hydrogen-bond acceptors (Lipinski definition) is 4. The number of aromatic amines is 1. The van der Waals surface area contributed by atoms with Crippen molar-refractivity contribution in [2.24, 2.45) is 28.9 Å². The number of rotatable bonds is 3. The topological polar surface area (TPSA) is 96.7 Å². The van der Waals surface area contributed by atoms with Crippen molar-refractivity contribution in [3.63, 3.8) is 0 Å². The van der Waals surface area contributed by atoms with Gasteiger partial charge in [0.05, 0.1) is 5.69 Å². The van der Waals surface area contributed by atoms with Crippen molar-refractivity contribution >= 4 is 22.6 Å². The smallest absolute Gasteiger partial charge is 0.271 e. The number of carbonyl (C=O) groups is 1. The van der Waals surface area contributed by atoms with Gasteiger partial charge in [-0.15, -0.1) is 10.2 Å². The maximum atomic E-state index is 11.9. The van der Waals surface area contributed by atoms with Gasteiger partial charge in [0.1, 0.15) is 0 Å². The molecule has 4 fully saturated rings. The molecule has 0 unspecified atom stereocenters. The normalized spacial score (nSPS) is 37.0. The molecule has 0 spiro atoms. The Morgan fingerprint density at radius 3 is 2.71 bits per heavy atom. The van der Waals surface area contributed by atoms with Crippen LogP contribution in [0.5, 0.6) is 0 Å². The number of anilines is 1. The summed E-state index contributed by atoms with van der Waals surface area (Å²) in [5, 5.41) is 12.7. The zero-order chi connectivity index (χ0) is 16.5. The molecule has 126 valence electrons. The van der Waals surface area contributed by atoms with Crippen LogP contribution in [0.1, 0.15) is 49.5 Å². The van der Waals surface area contributed by atoms with Crippen LogP contribution in [0.2, 0.25) is 0 Å². The Balaban J connectivity index is 1.54. The molecular weight excluding hydrogens is 302 g/mol. The SMILES string of the molecule is CC12CC3C[C@@H](C1)C(Nc1c(C(N)=O)nnc4[nH]ccc14)[C@@H](C3)C2. The summed E-state index contributed by atoms with van der Waals surface area (Å²) in [5.74, 6) is 1.74. The van der Waals surface area contributed by atoms with Gasteiger partial charge in [-0.05, 0) is 61.3 Å². The summed E-state index contributed by atoms with van der Waals surface area (Å²) in [6, 6.07) is 2.35. The van der Waals surface area contributed by atoms with Gasteiger partial charge in [-0.25, -0.2) is 0 Å². The van der Waals surface area contributed by atoms with Crippen LogP contribution in [0.4, 0.5) is 5.69 Å². The molecule has 4 bridgehead atoms. The molecule has 4 saturated carbocycles. The molecule has 2 heterocycles. The number of aromatic nitrogens is 3. The van der Waals surface area contributed by atoms with Crippen LogP contribution in [-0.4, -0.2) is 27.1 Å². The zero-order valence-corrected chi connectivity index (χ0v) is 13.9. The number of nitrogens with zero attached hydrogens (tertiary/aromatic N) is 2. The predicted molar refractivity (Wildman–Crippen MR) is 91.5 cm³/mol. The molecule has 4 N–H and O–H groups in total. The van der Waals surface area contributed by atoms with Crippen molar-refractivity contribution < 1.29 is 4.79 Å². The summed E-state index contributed by atoms with van der Waals surface area (Å²) in [6.07, 6.45) is 8.43. The molecule has 24 heavy (non-hydrogen) atoms. The van der Waals surface area contributed by atoms with Crippen molar-refractivity contribution in [1.82, 2.24) is 15.2 Å². The first-order valence-corrected chi connectivity index (χ1v) is 8.92. The summed E-state index contributed by atoms with van der Waals surface area (Å²) in [7, 11) is 0. The minimum Gasteiger partial charge on any atom is -0.379 e. The largest absolute Gasteiger partial charge is 0.379 e. The summed E-state index contributed by atoms with van der Waals surface area (Å²) in [6.45, 7) is 2.46. The van der Waals surface area contributed by atoms with Gasteiger partial charge in [0.25, 0.3) is 5.91 Å². The Bertz CT molecular complexity index is 812. The van der Waals surface area contributed by atoms with E-state index < -0.39 is 5.91 Å². The zero-order valence-electron chi connectivity index (χ0n) is 13.9. The van der Waals surface area contributed by atoms with Crippen LogP contribution in [0.15, 0.2) is 12.3 Å². The van der Waals surface area contributed by atoms with E-state index in [2.05, 4.69) is 27.4 Å². The highest BCUT2D eigenvalue weighted by atomic mass is 16.1. The van der Waals surface area contributed by atoms with Crippen LogP contribution >= 0.6 is 0 Å². The highest BCUT2D eigenvalue weighted by molar-refractivity contribution is 6.04. The maximum Gasteiger partial charge on any atom is 0.271 e. The highest BCUT2D eigenvalue weighted by Crippen LogP contribution is 2.60. The van der Waals surface area contributed by atoms with Crippen molar-refractivity contribution in [2.45, 2.75) is 45.1 Å². The van der Waals surface area contributed by atoms with Gasteiger partial charge in [0.2, 0.25) is 0 Å². The molecule has 4 aliphatic rings. The van der Waals surface area contributed by atoms with E-state index in [1.807, 2.05) is 12.3 Å². The molecule has 0 aromatic carbocycles. The second-order valence-electron chi connectivity index (χ2n) is 8.48. The van der Waals surface area contributed by atoms with Crippen LogP contribution in [0, 0.1) is 23.2 Å². The van der Waals surface area contributed by atoms with Gasteiger partial charge in [0.15, 0.2) is 11.3 Å². The number of nitrogens with one attached hydrogen (secondary N) is 2. The Labute approximate surface area is 140 Å². The van der Waals surface area contributed by atoms with E-state index in [0.29, 0.717) is 28.9 Å². The monoisotopic (exact) mass is 325 g/mol. The minimum atomic E-state index is -0.524. The number of amides is 1. The maximum absolute atomic E-state index is 11.9. The molecule has 6 heteroatoms. The van der Waals surface area contributed by atoms with Crippen LogP contribution < -0.4 is 11.1 Å². The Morgan fingerprint density at radius 1 is 1.29 bits per heavy atom. The standard InChI is InChI=1S/C18H23N5O/c1-18-6-9-4-10(7-18)13(11(5-9)8-18)21-14-12-2-3-20-17(12)23-22-15(14)16(19)24/h2-3,9-11,13H,4-8H2,1H3,(H2,19,24)(H2,20,21,23)/t9?,10-,11-,13?,18?/m0/s1. The molecule has 6 nitrogen and oxygen atoms in total. The van der Waals surface area contributed by atoms with E-state index in [4.69, 9.17) is 5.73 Å². The van der Waals surface area contributed by atoms with Crippen molar-refractivity contribution in [2.75, 3.05) is 5.32 Å². The third-order valence-electron chi connectivity index (χ3n) is 6.61. The molecule has 1 amide bonds. The molecule has 0 saturated heterocycles. The summed E-state index contributed by atoms with van der Waals surface area (Å²) < 4.78 is 0. The first-order valence-electron chi connectivity index (χ1n) is 8.92. The first kappa shape index (κ1) is 14.3. The van der Waals surface area contributed by atoms with Gasteiger partial charge in [-0.2, -0.15) is 0 Å². The highest BCUT2D eigenvalue weighted by Gasteiger charge is 2.53. The third-order valence-corrected chi connectivity index (χ3v) is 6.61. The summed E-state index contributed by atoms with van der Waals surface area (Å²) in [5.41, 5.74) is 7.79. The quantitative estimate of drug-likeness (QED) is 0.808. The number of hydrogen-bond donors (Lipinski definition) is 3. The van der Waals surface area contributed by atoms with E-state index in [0.717, 1.165) is 17.0 Å². The fraction of sp³-hybridized carbons (Fsp3) is 0.611. The van der Waals surface area contributed by atoms with Gasteiger partial charge >= 0.3 is 0 Å². The number of H-pyrrole nitrogens is 1. The lowest BCUT2D eigenvalue weighted by Gasteiger charge is -2.59. The molecular formula is C18H23N5O. The fourth-order valence-electron chi connectivity index (χ4n) is 6.07. The van der Waals surface area contributed by atoms with E-state index >= 15 is 0 Å². The molecule has 2 atom stereocenters. The average Bonchev–Trinajstić information content (AvgIpc) is 2.97. The van der Waals surface area contributed by atoms with Crippen molar-refractivity contribution in [1.29, 1.82) is 0 Å². The number of carbonyl (C=O) groups excluding carboxylic acids is 1. The molecule has 0 radical (unpaired) electrons. The number of nitrogens with two attached hydrogens (primary N) is 1. The van der Waals surface area contributed by atoms with Crippen LogP contribution in [-0.2, 0) is 0 Å². The molecule has 0 aliphatic heterocycles. The second kappa shape index (κ2) is 4.71. The minimum absolute atomic E-state index is 0.252. The molecule has 4 aliphatic carbocycles. The molecule has 2 aromatic heterocycles. The van der Waals surface area contributed by atoms with Crippen molar-refractivity contribution in [3.8, 4) is 0 Å². The van der Waals surface area contributed by atoms with E-state index in [9.17, 15) is 4.79 Å². The first-order chi connectivity index (χ1) is 11.5.